The average molecular weight is 402 g/mol. The van der Waals surface area contributed by atoms with Crippen molar-refractivity contribution in [3.8, 4) is 0 Å². The van der Waals surface area contributed by atoms with Gasteiger partial charge >= 0.3 is 0 Å². The maximum absolute atomic E-state index is 12.5. The summed E-state index contributed by atoms with van der Waals surface area (Å²) in [5.41, 5.74) is 2.17. The fourth-order valence-corrected chi connectivity index (χ4v) is 2.93. The molecule has 8 nitrogen and oxygen atoms in total. The van der Waals surface area contributed by atoms with Gasteiger partial charge in [-0.2, -0.15) is 5.10 Å². The van der Waals surface area contributed by atoms with Gasteiger partial charge in [0.25, 0.3) is 5.56 Å². The van der Waals surface area contributed by atoms with Crippen molar-refractivity contribution in [2.75, 3.05) is 5.32 Å². The Kier molecular flexibility index (Phi) is 4.74. The van der Waals surface area contributed by atoms with E-state index < -0.39 is 0 Å². The zero-order valence-electron chi connectivity index (χ0n) is 13.9. The molecular weight excluding hydrogens is 389 g/mol. The first-order valence-corrected chi connectivity index (χ1v) is 8.74. The monoisotopic (exact) mass is 401 g/mol. The van der Waals surface area contributed by atoms with Crippen molar-refractivity contribution >= 4 is 40.2 Å². The van der Waals surface area contributed by atoms with E-state index in [2.05, 4.69) is 30.4 Å². The van der Waals surface area contributed by atoms with E-state index in [1.807, 2.05) is 6.07 Å². The quantitative estimate of drug-likeness (QED) is 0.532. The molecule has 0 fully saturated rings. The molecule has 1 aromatic carbocycles. The highest BCUT2D eigenvalue weighted by Gasteiger charge is 2.11. The Labute approximate surface area is 163 Å². The second-order valence-electron chi connectivity index (χ2n) is 5.75. The van der Waals surface area contributed by atoms with Crippen molar-refractivity contribution in [3.05, 3.63) is 74.6 Å². The number of hydrogen-bond donors (Lipinski definition) is 2. The summed E-state index contributed by atoms with van der Waals surface area (Å²) in [6, 6.07) is 5.32. The standard InChI is InChI=1S/C17H13Cl2N7O/c18-12-2-1-10(5-13(12)19)6-22-17-24-14-8-23-26(15(14)16(27)25-17)9-11-7-20-3-4-21-11/h1-5,7-8H,6,9H2,(H2,22,24,25,27). The molecule has 0 saturated carbocycles. The number of aromatic amines is 1. The molecular formula is C17H13Cl2N7O. The van der Waals surface area contributed by atoms with Crippen molar-refractivity contribution in [3.63, 3.8) is 0 Å². The number of benzene rings is 1. The number of aromatic nitrogens is 6. The highest BCUT2D eigenvalue weighted by atomic mass is 35.5. The van der Waals surface area contributed by atoms with E-state index >= 15 is 0 Å². The minimum Gasteiger partial charge on any atom is -0.352 e. The van der Waals surface area contributed by atoms with E-state index in [1.54, 1.807) is 41.6 Å². The second-order valence-corrected chi connectivity index (χ2v) is 6.56. The lowest BCUT2D eigenvalue weighted by molar-refractivity contribution is 0.690. The van der Waals surface area contributed by atoms with Crippen LogP contribution < -0.4 is 10.9 Å². The molecule has 0 radical (unpaired) electrons. The SMILES string of the molecule is O=c1[nH]c(NCc2ccc(Cl)c(Cl)c2)nc2cnn(Cc3cnccn3)c12. The topological polar surface area (TPSA) is 101 Å². The van der Waals surface area contributed by atoms with Crippen LogP contribution in [0.25, 0.3) is 11.0 Å². The number of H-pyrrole nitrogens is 1. The molecule has 136 valence electrons. The van der Waals surface area contributed by atoms with E-state index in [0.29, 0.717) is 45.8 Å². The van der Waals surface area contributed by atoms with Gasteiger partial charge in [-0.25, -0.2) is 4.98 Å². The third-order valence-corrected chi connectivity index (χ3v) is 4.61. The summed E-state index contributed by atoms with van der Waals surface area (Å²) in [4.78, 5) is 27.9. The van der Waals surface area contributed by atoms with Gasteiger partial charge in [-0.3, -0.25) is 24.4 Å². The normalized spacial score (nSPS) is 11.0. The summed E-state index contributed by atoms with van der Waals surface area (Å²) in [5, 5.41) is 8.27. The summed E-state index contributed by atoms with van der Waals surface area (Å²) in [5.74, 6) is 0.345. The van der Waals surface area contributed by atoms with Gasteiger partial charge in [0, 0.05) is 18.9 Å². The van der Waals surface area contributed by atoms with E-state index in [9.17, 15) is 4.79 Å². The number of nitrogens with one attached hydrogen (secondary N) is 2. The molecule has 0 aliphatic carbocycles. The minimum atomic E-state index is -0.293. The summed E-state index contributed by atoms with van der Waals surface area (Å²) < 4.78 is 1.55. The predicted molar refractivity (Wildman–Crippen MR) is 103 cm³/mol. The lowest BCUT2D eigenvalue weighted by Gasteiger charge is -2.07. The van der Waals surface area contributed by atoms with E-state index in [4.69, 9.17) is 23.2 Å². The average Bonchev–Trinajstić information content (AvgIpc) is 3.07. The molecule has 3 aromatic heterocycles. The van der Waals surface area contributed by atoms with Gasteiger partial charge in [0.2, 0.25) is 5.95 Å². The van der Waals surface area contributed by atoms with Crippen LogP contribution in [0.3, 0.4) is 0 Å². The Morgan fingerprint density at radius 2 is 2.04 bits per heavy atom. The van der Waals surface area contributed by atoms with Crippen LogP contribution in [0.4, 0.5) is 5.95 Å². The van der Waals surface area contributed by atoms with Gasteiger partial charge in [-0.05, 0) is 17.7 Å². The molecule has 0 aliphatic rings. The van der Waals surface area contributed by atoms with Crippen LogP contribution in [0, 0.1) is 0 Å². The first-order chi connectivity index (χ1) is 13.1. The second kappa shape index (κ2) is 7.34. The molecule has 0 saturated heterocycles. The Bertz CT molecular complexity index is 1160. The van der Waals surface area contributed by atoms with Crippen molar-refractivity contribution in [1.82, 2.24) is 29.7 Å². The molecule has 0 spiro atoms. The maximum Gasteiger partial charge on any atom is 0.278 e. The van der Waals surface area contributed by atoms with Crippen molar-refractivity contribution < 1.29 is 0 Å². The summed E-state index contributed by atoms with van der Waals surface area (Å²) in [7, 11) is 0. The van der Waals surface area contributed by atoms with E-state index in [-0.39, 0.29) is 5.56 Å². The van der Waals surface area contributed by atoms with Crippen LogP contribution in [0.5, 0.6) is 0 Å². The Balaban J connectivity index is 1.57. The number of nitrogens with zero attached hydrogens (tertiary/aromatic N) is 5. The number of fused-ring (bicyclic) bond motifs is 1. The zero-order valence-corrected chi connectivity index (χ0v) is 15.4. The molecule has 0 bridgehead atoms. The first-order valence-electron chi connectivity index (χ1n) is 7.98. The number of halogens is 2. The fourth-order valence-electron chi connectivity index (χ4n) is 2.61. The van der Waals surface area contributed by atoms with Gasteiger partial charge in [0.15, 0.2) is 5.52 Å². The third-order valence-electron chi connectivity index (χ3n) is 3.87. The Hall–Kier alpha value is -2.97. The highest BCUT2D eigenvalue weighted by molar-refractivity contribution is 6.42. The Morgan fingerprint density at radius 1 is 1.15 bits per heavy atom. The highest BCUT2D eigenvalue weighted by Crippen LogP contribution is 2.22. The van der Waals surface area contributed by atoms with Crippen molar-refractivity contribution in [1.29, 1.82) is 0 Å². The molecule has 0 aliphatic heterocycles. The number of rotatable bonds is 5. The van der Waals surface area contributed by atoms with Gasteiger partial charge in [0.05, 0.1) is 34.7 Å². The lowest BCUT2D eigenvalue weighted by Crippen LogP contribution is -2.16. The first kappa shape index (κ1) is 17.4. The Morgan fingerprint density at radius 3 is 2.81 bits per heavy atom. The largest absolute Gasteiger partial charge is 0.352 e. The molecule has 2 N–H and O–H groups in total. The number of anilines is 1. The smallest absolute Gasteiger partial charge is 0.278 e. The lowest BCUT2D eigenvalue weighted by atomic mass is 10.2. The van der Waals surface area contributed by atoms with Crippen LogP contribution in [0.2, 0.25) is 10.0 Å². The molecule has 0 unspecified atom stereocenters. The molecule has 0 amide bonds. The van der Waals surface area contributed by atoms with Gasteiger partial charge in [-0.1, -0.05) is 29.3 Å². The summed E-state index contributed by atoms with van der Waals surface area (Å²) in [6.07, 6.45) is 6.35. The van der Waals surface area contributed by atoms with E-state index in [0.717, 1.165) is 5.56 Å². The molecule has 4 aromatic rings. The van der Waals surface area contributed by atoms with Crippen LogP contribution in [-0.2, 0) is 13.1 Å². The summed E-state index contributed by atoms with van der Waals surface area (Å²) in [6.45, 7) is 0.761. The van der Waals surface area contributed by atoms with Crippen molar-refractivity contribution in [2.45, 2.75) is 13.1 Å². The van der Waals surface area contributed by atoms with E-state index in [1.165, 1.54) is 0 Å². The summed E-state index contributed by atoms with van der Waals surface area (Å²) >= 11 is 11.9. The van der Waals surface area contributed by atoms with Crippen LogP contribution in [-0.4, -0.2) is 29.7 Å². The van der Waals surface area contributed by atoms with Gasteiger partial charge in [-0.15, -0.1) is 0 Å². The molecule has 10 heteroatoms. The fraction of sp³-hybridized carbons (Fsp3) is 0.118. The van der Waals surface area contributed by atoms with Crippen LogP contribution >= 0.6 is 23.2 Å². The van der Waals surface area contributed by atoms with Gasteiger partial charge < -0.3 is 5.32 Å². The molecule has 27 heavy (non-hydrogen) atoms. The predicted octanol–water partition coefficient (Wildman–Crippen LogP) is 2.88. The maximum atomic E-state index is 12.5. The van der Waals surface area contributed by atoms with Crippen LogP contribution in [0.1, 0.15) is 11.3 Å². The number of hydrogen-bond acceptors (Lipinski definition) is 6. The minimum absolute atomic E-state index is 0.293. The van der Waals surface area contributed by atoms with Crippen LogP contribution in [0.15, 0.2) is 47.8 Å². The molecule has 4 rings (SSSR count). The van der Waals surface area contributed by atoms with Gasteiger partial charge in [0.1, 0.15) is 5.52 Å². The third kappa shape index (κ3) is 3.76. The van der Waals surface area contributed by atoms with Crippen molar-refractivity contribution in [2.24, 2.45) is 0 Å². The molecule has 3 heterocycles. The molecule has 0 atom stereocenters. The zero-order chi connectivity index (χ0) is 18.8.